The topological polar surface area (TPSA) is 66.5 Å². The number of carbonyl (C=O) groups is 1. The Morgan fingerprint density at radius 2 is 1.73 bits per heavy atom. The van der Waals surface area contributed by atoms with Crippen LogP contribution in [0.2, 0.25) is 0 Å². The number of nitrogens with one attached hydrogen (secondary N) is 1. The minimum absolute atomic E-state index is 0.0261. The van der Waals surface area contributed by atoms with Crippen LogP contribution >= 0.6 is 0 Å². The standard InChI is InChI=1S/C23H27FN2O3S/c1-16(19-6-5-17-3-2-4-20(17)15-19)25-23(27)18-11-13-26(14-12-18)30(28,29)22-9-7-21(24)8-10-22/h5-10,15-16,18H,2-4,11-14H2,1H3,(H,25,27)/t16-/m1/s1. The summed E-state index contributed by atoms with van der Waals surface area (Å²) in [6.45, 7) is 2.55. The van der Waals surface area contributed by atoms with Crippen molar-refractivity contribution >= 4 is 15.9 Å². The van der Waals surface area contributed by atoms with Gasteiger partial charge in [-0.15, -0.1) is 0 Å². The highest BCUT2D eigenvalue weighted by molar-refractivity contribution is 7.89. The molecule has 2 aromatic carbocycles. The van der Waals surface area contributed by atoms with Crippen LogP contribution in [0.5, 0.6) is 0 Å². The first-order valence-corrected chi connectivity index (χ1v) is 12.0. The number of aryl methyl sites for hydroxylation is 2. The zero-order valence-electron chi connectivity index (χ0n) is 17.1. The first kappa shape index (κ1) is 21.0. The summed E-state index contributed by atoms with van der Waals surface area (Å²) < 4.78 is 39.9. The highest BCUT2D eigenvalue weighted by Crippen LogP contribution is 2.27. The van der Waals surface area contributed by atoms with Gasteiger partial charge in [-0.25, -0.2) is 12.8 Å². The number of amides is 1. The van der Waals surface area contributed by atoms with Crippen LogP contribution in [0.15, 0.2) is 47.4 Å². The van der Waals surface area contributed by atoms with Gasteiger partial charge in [-0.3, -0.25) is 4.79 Å². The van der Waals surface area contributed by atoms with Crippen molar-refractivity contribution in [2.75, 3.05) is 13.1 Å². The lowest BCUT2D eigenvalue weighted by Gasteiger charge is -2.31. The van der Waals surface area contributed by atoms with Gasteiger partial charge in [0.25, 0.3) is 0 Å². The molecule has 0 saturated carbocycles. The van der Waals surface area contributed by atoms with E-state index in [-0.39, 0.29) is 35.9 Å². The van der Waals surface area contributed by atoms with E-state index in [4.69, 9.17) is 0 Å². The molecule has 5 nitrogen and oxygen atoms in total. The molecule has 0 aromatic heterocycles. The molecular formula is C23H27FN2O3S. The molecule has 2 aliphatic rings. The maximum atomic E-state index is 13.1. The summed E-state index contributed by atoms with van der Waals surface area (Å²) in [5, 5.41) is 3.10. The summed E-state index contributed by atoms with van der Waals surface area (Å²) in [5.41, 5.74) is 3.90. The van der Waals surface area contributed by atoms with Crippen molar-refractivity contribution < 1.29 is 17.6 Å². The number of hydrogen-bond acceptors (Lipinski definition) is 3. The van der Waals surface area contributed by atoms with Gasteiger partial charge in [-0.2, -0.15) is 4.31 Å². The van der Waals surface area contributed by atoms with Crippen LogP contribution in [-0.4, -0.2) is 31.7 Å². The highest BCUT2D eigenvalue weighted by Gasteiger charge is 2.32. The van der Waals surface area contributed by atoms with Crippen molar-refractivity contribution in [2.45, 2.75) is 50.0 Å². The highest BCUT2D eigenvalue weighted by atomic mass is 32.2. The van der Waals surface area contributed by atoms with E-state index >= 15 is 0 Å². The number of hydrogen-bond donors (Lipinski definition) is 1. The predicted molar refractivity (Wildman–Crippen MR) is 113 cm³/mol. The number of piperidine rings is 1. The molecule has 0 spiro atoms. The Morgan fingerprint density at radius 3 is 2.43 bits per heavy atom. The van der Waals surface area contributed by atoms with Gasteiger partial charge in [0.1, 0.15) is 5.82 Å². The van der Waals surface area contributed by atoms with E-state index in [9.17, 15) is 17.6 Å². The Balaban J connectivity index is 1.34. The lowest BCUT2D eigenvalue weighted by molar-refractivity contribution is -0.126. The minimum Gasteiger partial charge on any atom is -0.349 e. The van der Waals surface area contributed by atoms with Gasteiger partial charge in [0.2, 0.25) is 15.9 Å². The van der Waals surface area contributed by atoms with Gasteiger partial charge in [0.05, 0.1) is 10.9 Å². The first-order valence-electron chi connectivity index (χ1n) is 10.5. The monoisotopic (exact) mass is 430 g/mol. The van der Waals surface area contributed by atoms with E-state index in [0.717, 1.165) is 30.5 Å². The van der Waals surface area contributed by atoms with Crippen molar-refractivity contribution in [3.8, 4) is 0 Å². The Labute approximate surface area is 177 Å². The molecule has 2 aromatic rings. The van der Waals surface area contributed by atoms with Crippen molar-refractivity contribution in [2.24, 2.45) is 5.92 Å². The Hall–Kier alpha value is -2.25. The van der Waals surface area contributed by atoms with E-state index in [1.54, 1.807) is 0 Å². The van der Waals surface area contributed by atoms with E-state index in [1.807, 2.05) is 6.92 Å². The number of nitrogens with zero attached hydrogens (tertiary/aromatic N) is 1. The fourth-order valence-electron chi connectivity index (χ4n) is 4.39. The van der Waals surface area contributed by atoms with Crippen LogP contribution in [0.25, 0.3) is 0 Å². The molecule has 1 N–H and O–H groups in total. The summed E-state index contributed by atoms with van der Waals surface area (Å²) in [4.78, 5) is 12.8. The third-order valence-electron chi connectivity index (χ3n) is 6.26. The van der Waals surface area contributed by atoms with E-state index in [1.165, 1.54) is 34.0 Å². The molecule has 4 rings (SSSR count). The molecule has 160 valence electrons. The summed E-state index contributed by atoms with van der Waals surface area (Å²) in [6, 6.07) is 11.2. The number of halogens is 1. The molecule has 30 heavy (non-hydrogen) atoms. The van der Waals surface area contributed by atoms with Crippen LogP contribution in [-0.2, 0) is 27.7 Å². The molecule has 0 unspecified atom stereocenters. The summed E-state index contributed by atoms with van der Waals surface area (Å²) >= 11 is 0. The fraction of sp³-hybridized carbons (Fsp3) is 0.435. The van der Waals surface area contributed by atoms with E-state index in [0.29, 0.717) is 12.8 Å². The lowest BCUT2D eigenvalue weighted by Crippen LogP contribution is -2.43. The summed E-state index contributed by atoms with van der Waals surface area (Å²) in [5.74, 6) is -0.704. The molecule has 1 heterocycles. The van der Waals surface area contributed by atoms with Crippen LogP contribution in [0, 0.1) is 11.7 Å². The third-order valence-corrected chi connectivity index (χ3v) is 8.17. The molecule has 0 radical (unpaired) electrons. The number of fused-ring (bicyclic) bond motifs is 1. The zero-order chi connectivity index (χ0) is 21.3. The van der Waals surface area contributed by atoms with Crippen LogP contribution < -0.4 is 5.32 Å². The van der Waals surface area contributed by atoms with Gasteiger partial charge < -0.3 is 5.32 Å². The molecule has 1 saturated heterocycles. The van der Waals surface area contributed by atoms with Gasteiger partial charge >= 0.3 is 0 Å². The number of carbonyl (C=O) groups excluding carboxylic acids is 1. The van der Waals surface area contributed by atoms with Gasteiger partial charge in [-0.05, 0) is 80.0 Å². The molecular weight excluding hydrogens is 403 g/mol. The number of sulfonamides is 1. The fourth-order valence-corrected chi connectivity index (χ4v) is 5.86. The van der Waals surface area contributed by atoms with Gasteiger partial charge in [0.15, 0.2) is 0 Å². The molecule has 1 aliphatic heterocycles. The van der Waals surface area contributed by atoms with Crippen LogP contribution in [0.1, 0.15) is 48.9 Å². The molecule has 0 bridgehead atoms. The molecule has 1 atom stereocenters. The maximum absolute atomic E-state index is 13.1. The average Bonchev–Trinajstić information content (AvgIpc) is 3.22. The minimum atomic E-state index is -3.66. The smallest absolute Gasteiger partial charge is 0.243 e. The lowest BCUT2D eigenvalue weighted by atomic mass is 9.96. The molecule has 1 fully saturated rings. The largest absolute Gasteiger partial charge is 0.349 e. The second-order valence-electron chi connectivity index (χ2n) is 8.24. The maximum Gasteiger partial charge on any atom is 0.243 e. The molecule has 1 amide bonds. The zero-order valence-corrected chi connectivity index (χ0v) is 17.9. The molecule has 1 aliphatic carbocycles. The van der Waals surface area contributed by atoms with Gasteiger partial charge in [0, 0.05) is 19.0 Å². The van der Waals surface area contributed by atoms with Crippen LogP contribution in [0.4, 0.5) is 4.39 Å². The second kappa shape index (κ2) is 8.47. The first-order chi connectivity index (χ1) is 14.3. The van der Waals surface area contributed by atoms with Crippen molar-refractivity contribution in [1.29, 1.82) is 0 Å². The van der Waals surface area contributed by atoms with Crippen LogP contribution in [0.3, 0.4) is 0 Å². The second-order valence-corrected chi connectivity index (χ2v) is 10.2. The Bertz CT molecular complexity index is 1030. The number of benzene rings is 2. The predicted octanol–water partition coefficient (Wildman–Crippen LogP) is 3.59. The van der Waals surface area contributed by atoms with Crippen molar-refractivity contribution in [3.05, 3.63) is 65.0 Å². The third kappa shape index (κ3) is 4.27. The van der Waals surface area contributed by atoms with E-state index < -0.39 is 15.8 Å². The molecule has 7 heteroatoms. The van der Waals surface area contributed by atoms with Gasteiger partial charge in [-0.1, -0.05) is 18.2 Å². The van der Waals surface area contributed by atoms with Crippen molar-refractivity contribution in [1.82, 2.24) is 9.62 Å². The van der Waals surface area contributed by atoms with E-state index in [2.05, 4.69) is 23.5 Å². The normalized spacial score (nSPS) is 18.7. The SMILES string of the molecule is C[C@@H](NC(=O)C1CCN(S(=O)(=O)c2ccc(F)cc2)CC1)c1ccc2c(c1)CCC2. The average molecular weight is 431 g/mol. The Kier molecular flexibility index (Phi) is 5.93. The Morgan fingerprint density at radius 1 is 1.07 bits per heavy atom. The summed E-state index contributed by atoms with van der Waals surface area (Å²) in [6.07, 6.45) is 4.38. The summed E-state index contributed by atoms with van der Waals surface area (Å²) in [7, 11) is -3.66. The van der Waals surface area contributed by atoms with Crippen molar-refractivity contribution in [3.63, 3.8) is 0 Å². The number of rotatable bonds is 5. The quantitative estimate of drug-likeness (QED) is 0.788.